The van der Waals surface area contributed by atoms with Gasteiger partial charge in [0, 0.05) is 20.6 Å². The first kappa shape index (κ1) is 13.9. The summed E-state index contributed by atoms with van der Waals surface area (Å²) in [7, 11) is 0.700. The van der Waals surface area contributed by atoms with Crippen LogP contribution in [-0.2, 0) is 16.8 Å². The predicted octanol–water partition coefficient (Wildman–Crippen LogP) is 0.730. The number of nitrogens with zero attached hydrogens (tertiary/aromatic N) is 1. The van der Waals surface area contributed by atoms with Gasteiger partial charge in [0.05, 0.1) is 7.11 Å². The van der Waals surface area contributed by atoms with Crippen LogP contribution >= 0.6 is 0 Å². The number of hydrogen-bond donors (Lipinski definition) is 1. The fourth-order valence-electron chi connectivity index (χ4n) is 1.12. The number of benzene rings is 1. The summed E-state index contributed by atoms with van der Waals surface area (Å²) >= 11 is 0. The second-order valence-electron chi connectivity index (χ2n) is 3.58. The predicted molar refractivity (Wildman–Crippen MR) is 62.4 cm³/mol. The fourth-order valence-corrected chi connectivity index (χ4v) is 1.73. The minimum Gasteiger partial charge on any atom is -0.494 e. The normalized spacial score (nSPS) is 11.8. The maximum atomic E-state index is 13.3. The molecule has 0 spiro atoms. The first-order chi connectivity index (χ1) is 7.86. The number of methoxy groups -OCH3 is 1. The van der Waals surface area contributed by atoms with Crippen molar-refractivity contribution in [2.75, 3.05) is 21.2 Å². The average molecular weight is 262 g/mol. The smallest absolute Gasteiger partial charge is 0.279 e. The number of halogens is 1. The van der Waals surface area contributed by atoms with Crippen molar-refractivity contribution in [2.24, 2.45) is 0 Å². The molecule has 0 aliphatic carbocycles. The lowest BCUT2D eigenvalue weighted by Gasteiger charge is -2.12. The summed E-state index contributed by atoms with van der Waals surface area (Å²) in [6, 6.07) is 4.28. The quantitative estimate of drug-likeness (QED) is 0.851. The lowest BCUT2D eigenvalue weighted by atomic mass is 10.2. The van der Waals surface area contributed by atoms with E-state index in [2.05, 4.69) is 4.72 Å². The highest BCUT2D eigenvalue weighted by Gasteiger charge is 2.12. The first-order valence-electron chi connectivity index (χ1n) is 4.86. The van der Waals surface area contributed by atoms with Crippen molar-refractivity contribution >= 4 is 10.2 Å². The van der Waals surface area contributed by atoms with Gasteiger partial charge in [-0.3, -0.25) is 0 Å². The van der Waals surface area contributed by atoms with Gasteiger partial charge in [0.2, 0.25) is 0 Å². The summed E-state index contributed by atoms with van der Waals surface area (Å²) in [6.45, 7) is 0.0292. The van der Waals surface area contributed by atoms with Crippen molar-refractivity contribution in [1.29, 1.82) is 0 Å². The summed E-state index contributed by atoms with van der Waals surface area (Å²) in [5.41, 5.74) is 0.522. The molecule has 0 unspecified atom stereocenters. The highest BCUT2D eigenvalue weighted by Crippen LogP contribution is 2.17. The monoisotopic (exact) mass is 262 g/mol. The molecule has 0 fully saturated rings. The summed E-state index contributed by atoms with van der Waals surface area (Å²) in [5.74, 6) is -0.390. The summed E-state index contributed by atoms with van der Waals surface area (Å²) in [6.07, 6.45) is 0. The van der Waals surface area contributed by atoms with E-state index < -0.39 is 16.0 Å². The Morgan fingerprint density at radius 3 is 2.53 bits per heavy atom. The highest BCUT2D eigenvalue weighted by atomic mass is 32.2. The van der Waals surface area contributed by atoms with Crippen molar-refractivity contribution in [3.05, 3.63) is 29.6 Å². The number of rotatable bonds is 5. The Labute approximate surface area is 100 Å². The molecular weight excluding hydrogens is 247 g/mol. The Bertz CT molecular complexity index is 488. The molecule has 1 aromatic carbocycles. The second-order valence-corrected chi connectivity index (χ2v) is 5.55. The first-order valence-corrected chi connectivity index (χ1v) is 6.30. The molecular formula is C10H15FN2O3S. The van der Waals surface area contributed by atoms with Crippen LogP contribution in [0, 0.1) is 5.82 Å². The van der Waals surface area contributed by atoms with Crippen LogP contribution in [0.1, 0.15) is 5.56 Å². The summed E-state index contributed by atoms with van der Waals surface area (Å²) < 4.78 is 44.3. The van der Waals surface area contributed by atoms with Gasteiger partial charge in [0.25, 0.3) is 10.2 Å². The van der Waals surface area contributed by atoms with Crippen LogP contribution in [0.15, 0.2) is 18.2 Å². The Balaban J connectivity index is 2.74. The topological polar surface area (TPSA) is 58.6 Å². The fraction of sp³-hybridized carbons (Fsp3) is 0.400. The van der Waals surface area contributed by atoms with Crippen LogP contribution < -0.4 is 9.46 Å². The van der Waals surface area contributed by atoms with Crippen molar-refractivity contribution in [1.82, 2.24) is 9.03 Å². The molecule has 1 rings (SSSR count). The van der Waals surface area contributed by atoms with Gasteiger partial charge in [-0.25, -0.2) is 4.39 Å². The largest absolute Gasteiger partial charge is 0.494 e. The zero-order chi connectivity index (χ0) is 13.1. The van der Waals surface area contributed by atoms with E-state index >= 15 is 0 Å². The van der Waals surface area contributed by atoms with Gasteiger partial charge in [-0.15, -0.1) is 0 Å². The lowest BCUT2D eigenvalue weighted by Crippen LogP contribution is -2.35. The molecule has 0 aromatic heterocycles. The van der Waals surface area contributed by atoms with E-state index in [0.717, 1.165) is 4.31 Å². The standard InChI is InChI=1S/C10H15FN2O3S/c1-13(2)17(14,15)12-7-8-4-5-10(16-3)9(11)6-8/h4-6,12H,7H2,1-3H3. The number of hydrogen-bond acceptors (Lipinski definition) is 3. The third-order valence-corrected chi connectivity index (χ3v) is 3.63. The molecule has 0 atom stereocenters. The minimum atomic E-state index is -3.50. The molecule has 0 aliphatic heterocycles. The molecule has 0 heterocycles. The SMILES string of the molecule is COc1ccc(CNS(=O)(=O)N(C)C)cc1F. The molecule has 1 aromatic rings. The molecule has 0 saturated heterocycles. The Hall–Kier alpha value is -1.18. The molecule has 5 nitrogen and oxygen atoms in total. The molecule has 0 radical (unpaired) electrons. The van der Waals surface area contributed by atoms with Gasteiger partial charge in [0.15, 0.2) is 11.6 Å². The Morgan fingerprint density at radius 2 is 2.06 bits per heavy atom. The van der Waals surface area contributed by atoms with Crippen molar-refractivity contribution in [3.8, 4) is 5.75 Å². The number of nitrogens with one attached hydrogen (secondary N) is 1. The lowest BCUT2D eigenvalue weighted by molar-refractivity contribution is 0.386. The van der Waals surface area contributed by atoms with Crippen LogP contribution in [0.25, 0.3) is 0 Å². The van der Waals surface area contributed by atoms with Gasteiger partial charge in [-0.05, 0) is 17.7 Å². The number of ether oxygens (including phenoxy) is 1. The van der Waals surface area contributed by atoms with Crippen molar-refractivity contribution in [3.63, 3.8) is 0 Å². The zero-order valence-electron chi connectivity index (χ0n) is 9.90. The maximum absolute atomic E-state index is 13.3. The van der Waals surface area contributed by atoms with Gasteiger partial charge in [-0.2, -0.15) is 17.4 Å². The van der Waals surface area contributed by atoms with Crippen molar-refractivity contribution in [2.45, 2.75) is 6.54 Å². The summed E-state index contributed by atoms with van der Waals surface area (Å²) in [5, 5.41) is 0. The zero-order valence-corrected chi connectivity index (χ0v) is 10.7. The maximum Gasteiger partial charge on any atom is 0.279 e. The van der Waals surface area contributed by atoms with Gasteiger partial charge < -0.3 is 4.74 Å². The molecule has 0 aliphatic rings. The van der Waals surface area contributed by atoms with E-state index in [-0.39, 0.29) is 12.3 Å². The Kier molecular flexibility index (Phi) is 4.44. The van der Waals surface area contributed by atoms with E-state index in [1.165, 1.54) is 33.3 Å². The van der Waals surface area contributed by atoms with Crippen molar-refractivity contribution < 1.29 is 17.5 Å². The molecule has 7 heteroatoms. The van der Waals surface area contributed by atoms with E-state index in [0.29, 0.717) is 5.56 Å². The van der Waals surface area contributed by atoms with E-state index in [9.17, 15) is 12.8 Å². The third kappa shape index (κ3) is 3.65. The molecule has 1 N–H and O–H groups in total. The van der Waals surface area contributed by atoms with Crippen LogP contribution in [0.3, 0.4) is 0 Å². The van der Waals surface area contributed by atoms with Crippen LogP contribution in [0.5, 0.6) is 5.75 Å². The average Bonchev–Trinajstić information content (AvgIpc) is 2.26. The van der Waals surface area contributed by atoms with Crippen LogP contribution in [0.2, 0.25) is 0 Å². The molecule has 0 amide bonds. The van der Waals surface area contributed by atoms with E-state index in [1.54, 1.807) is 6.07 Å². The molecule has 17 heavy (non-hydrogen) atoms. The van der Waals surface area contributed by atoms with E-state index in [1.807, 2.05) is 0 Å². The van der Waals surface area contributed by atoms with Crippen LogP contribution in [0.4, 0.5) is 4.39 Å². The van der Waals surface area contributed by atoms with E-state index in [4.69, 9.17) is 4.74 Å². The Morgan fingerprint density at radius 1 is 1.41 bits per heavy atom. The summed E-state index contributed by atoms with van der Waals surface area (Å²) in [4.78, 5) is 0. The van der Waals surface area contributed by atoms with Crippen LogP contribution in [-0.4, -0.2) is 33.9 Å². The van der Waals surface area contributed by atoms with Gasteiger partial charge >= 0.3 is 0 Å². The second kappa shape index (κ2) is 5.44. The minimum absolute atomic E-state index is 0.0292. The molecule has 96 valence electrons. The van der Waals surface area contributed by atoms with Gasteiger partial charge in [0.1, 0.15) is 0 Å². The third-order valence-electron chi connectivity index (χ3n) is 2.16. The molecule has 0 saturated carbocycles. The highest BCUT2D eigenvalue weighted by molar-refractivity contribution is 7.87. The van der Waals surface area contributed by atoms with Gasteiger partial charge in [-0.1, -0.05) is 6.07 Å². The molecule has 0 bridgehead atoms.